The lowest BCUT2D eigenvalue weighted by molar-refractivity contribution is -0.110. The third-order valence-electron chi connectivity index (χ3n) is 6.00. The standard InChI is InChI=1S/C24H23ClN4O3/c1-14-11-21(32-27-14)23(30)22-18-12-17(19(25)13-20(18)26-24(22)31)15-3-5-16(6-4-15)29-9-7-28(2)8-10-29/h3-6,11-13,30H,7-10H2,1-2H3,(H,26,31)/b23-22+. The number of benzene rings is 2. The van der Waals surface area contributed by atoms with Crippen LogP contribution in [0.4, 0.5) is 11.4 Å². The number of carbonyl (C=O) groups excluding carboxylic acids is 1. The molecule has 1 saturated heterocycles. The molecule has 0 unspecified atom stereocenters. The van der Waals surface area contributed by atoms with Crippen molar-refractivity contribution >= 4 is 40.2 Å². The predicted octanol–water partition coefficient (Wildman–Crippen LogP) is 4.43. The highest BCUT2D eigenvalue weighted by atomic mass is 35.5. The van der Waals surface area contributed by atoms with Crippen molar-refractivity contribution in [3.63, 3.8) is 0 Å². The van der Waals surface area contributed by atoms with Gasteiger partial charge in [-0.15, -0.1) is 0 Å². The second kappa shape index (κ2) is 8.00. The van der Waals surface area contributed by atoms with E-state index in [0.29, 0.717) is 22.0 Å². The van der Waals surface area contributed by atoms with Crippen LogP contribution in [0.2, 0.25) is 5.02 Å². The average molecular weight is 451 g/mol. The van der Waals surface area contributed by atoms with E-state index in [-0.39, 0.29) is 17.1 Å². The molecule has 2 aliphatic rings. The van der Waals surface area contributed by atoms with Crippen molar-refractivity contribution in [1.82, 2.24) is 10.1 Å². The second-order valence-electron chi connectivity index (χ2n) is 8.23. The number of amides is 1. The van der Waals surface area contributed by atoms with Gasteiger partial charge in [0.05, 0.1) is 22.0 Å². The summed E-state index contributed by atoms with van der Waals surface area (Å²) in [6, 6.07) is 13.4. The molecule has 2 aliphatic heterocycles. The Labute approximate surface area is 190 Å². The van der Waals surface area contributed by atoms with Gasteiger partial charge in [0.2, 0.25) is 5.76 Å². The quantitative estimate of drug-likeness (QED) is 0.453. The monoisotopic (exact) mass is 450 g/mol. The molecule has 7 nitrogen and oxygen atoms in total. The van der Waals surface area contributed by atoms with Gasteiger partial charge in [-0.1, -0.05) is 28.9 Å². The van der Waals surface area contributed by atoms with Crippen LogP contribution < -0.4 is 10.2 Å². The van der Waals surface area contributed by atoms with Gasteiger partial charge in [0.1, 0.15) is 0 Å². The first kappa shape index (κ1) is 20.6. The van der Waals surface area contributed by atoms with E-state index in [9.17, 15) is 9.90 Å². The average Bonchev–Trinajstić information content (AvgIpc) is 3.35. The fourth-order valence-corrected chi connectivity index (χ4v) is 4.43. The van der Waals surface area contributed by atoms with Gasteiger partial charge < -0.3 is 24.7 Å². The van der Waals surface area contributed by atoms with Crippen molar-refractivity contribution in [2.45, 2.75) is 6.92 Å². The number of piperazine rings is 1. The minimum Gasteiger partial charge on any atom is -0.504 e. The molecule has 0 aliphatic carbocycles. The van der Waals surface area contributed by atoms with Crippen LogP contribution in [0.25, 0.3) is 22.5 Å². The molecule has 32 heavy (non-hydrogen) atoms. The SMILES string of the molecule is Cc1cc(/C(O)=C2\C(=O)Nc3cc(Cl)c(-c4ccc(N5CCN(C)CC5)cc4)cc32)on1. The fourth-order valence-electron chi connectivity index (χ4n) is 4.16. The highest BCUT2D eigenvalue weighted by Crippen LogP contribution is 2.42. The maximum atomic E-state index is 12.6. The van der Waals surface area contributed by atoms with Gasteiger partial charge in [0.25, 0.3) is 5.91 Å². The number of aliphatic hydroxyl groups is 1. The molecular weight excluding hydrogens is 428 g/mol. The summed E-state index contributed by atoms with van der Waals surface area (Å²) in [6.45, 7) is 5.83. The van der Waals surface area contributed by atoms with E-state index < -0.39 is 5.91 Å². The van der Waals surface area contributed by atoms with E-state index in [0.717, 1.165) is 37.3 Å². The van der Waals surface area contributed by atoms with Gasteiger partial charge in [0.15, 0.2) is 5.76 Å². The minimum absolute atomic E-state index is 0.142. The van der Waals surface area contributed by atoms with Crippen LogP contribution in [0.3, 0.4) is 0 Å². The Hall–Kier alpha value is -3.29. The van der Waals surface area contributed by atoms with E-state index in [1.54, 1.807) is 19.1 Å². The Morgan fingerprint density at radius 3 is 2.47 bits per heavy atom. The summed E-state index contributed by atoms with van der Waals surface area (Å²) in [5.41, 5.74) is 4.77. The number of rotatable bonds is 3. The van der Waals surface area contributed by atoms with Crippen molar-refractivity contribution in [3.8, 4) is 11.1 Å². The first-order valence-corrected chi connectivity index (χ1v) is 10.8. The number of nitrogens with zero attached hydrogens (tertiary/aromatic N) is 3. The molecular formula is C24H23ClN4O3. The number of hydrogen-bond acceptors (Lipinski definition) is 6. The molecule has 1 fully saturated rings. The number of aromatic nitrogens is 1. The van der Waals surface area contributed by atoms with Gasteiger partial charge in [-0.25, -0.2) is 0 Å². The molecule has 0 radical (unpaired) electrons. The summed E-state index contributed by atoms with van der Waals surface area (Å²) >= 11 is 6.57. The van der Waals surface area contributed by atoms with E-state index >= 15 is 0 Å². The third-order valence-corrected chi connectivity index (χ3v) is 6.31. The number of halogens is 1. The van der Waals surface area contributed by atoms with Crippen LogP contribution in [0.5, 0.6) is 0 Å². The zero-order valence-electron chi connectivity index (χ0n) is 17.9. The Morgan fingerprint density at radius 2 is 1.81 bits per heavy atom. The molecule has 3 heterocycles. The highest BCUT2D eigenvalue weighted by Gasteiger charge is 2.31. The third kappa shape index (κ3) is 3.63. The molecule has 0 saturated carbocycles. The van der Waals surface area contributed by atoms with Gasteiger partial charge in [-0.3, -0.25) is 4.79 Å². The van der Waals surface area contributed by atoms with Crippen LogP contribution in [0.1, 0.15) is 17.0 Å². The van der Waals surface area contributed by atoms with Crippen molar-refractivity contribution in [3.05, 3.63) is 64.5 Å². The van der Waals surface area contributed by atoms with E-state index in [2.05, 4.69) is 39.5 Å². The number of nitrogens with one attached hydrogen (secondary N) is 1. The summed E-state index contributed by atoms with van der Waals surface area (Å²) in [6.07, 6.45) is 0. The van der Waals surface area contributed by atoms with E-state index in [1.807, 2.05) is 18.2 Å². The number of anilines is 2. The Balaban J connectivity index is 1.51. The number of carbonyl (C=O) groups is 1. The summed E-state index contributed by atoms with van der Waals surface area (Å²) in [5, 5.41) is 17.8. The predicted molar refractivity (Wildman–Crippen MR) is 126 cm³/mol. The lowest BCUT2D eigenvalue weighted by atomic mass is 9.98. The zero-order valence-corrected chi connectivity index (χ0v) is 18.6. The molecule has 2 N–H and O–H groups in total. The van der Waals surface area contributed by atoms with E-state index in [4.69, 9.17) is 16.1 Å². The molecule has 1 amide bonds. The summed E-state index contributed by atoms with van der Waals surface area (Å²) in [7, 11) is 2.14. The summed E-state index contributed by atoms with van der Waals surface area (Å²) in [4.78, 5) is 17.3. The van der Waals surface area contributed by atoms with Gasteiger partial charge in [-0.2, -0.15) is 0 Å². The first-order valence-electron chi connectivity index (χ1n) is 10.5. The maximum Gasteiger partial charge on any atom is 0.260 e. The molecule has 0 spiro atoms. The van der Waals surface area contributed by atoms with Crippen LogP contribution in [0.15, 0.2) is 47.0 Å². The van der Waals surface area contributed by atoms with Crippen molar-refractivity contribution in [2.24, 2.45) is 0 Å². The lowest BCUT2D eigenvalue weighted by Crippen LogP contribution is -2.44. The molecule has 0 atom stereocenters. The molecule has 2 aromatic carbocycles. The summed E-state index contributed by atoms with van der Waals surface area (Å²) < 4.78 is 5.15. The number of likely N-dealkylation sites (N-methyl/N-ethyl adjacent to an activating group) is 1. The number of aliphatic hydroxyl groups excluding tert-OH is 1. The molecule has 3 aromatic rings. The number of hydrogen-bond donors (Lipinski definition) is 2. The highest BCUT2D eigenvalue weighted by molar-refractivity contribution is 6.38. The maximum absolute atomic E-state index is 12.6. The van der Waals surface area contributed by atoms with Gasteiger partial charge >= 0.3 is 0 Å². The molecule has 5 rings (SSSR count). The topological polar surface area (TPSA) is 81.8 Å². The molecule has 1 aromatic heterocycles. The van der Waals surface area contributed by atoms with Crippen LogP contribution in [-0.4, -0.2) is 54.3 Å². The Bertz CT molecular complexity index is 1220. The largest absolute Gasteiger partial charge is 0.504 e. The van der Waals surface area contributed by atoms with E-state index in [1.165, 1.54) is 5.69 Å². The smallest absolute Gasteiger partial charge is 0.260 e. The zero-order chi connectivity index (χ0) is 22.4. The van der Waals surface area contributed by atoms with Gasteiger partial charge in [-0.05, 0) is 43.8 Å². The number of fused-ring (bicyclic) bond motifs is 1. The molecule has 0 bridgehead atoms. The second-order valence-corrected chi connectivity index (χ2v) is 8.63. The Kier molecular flexibility index (Phi) is 5.15. The van der Waals surface area contributed by atoms with Crippen molar-refractivity contribution in [1.29, 1.82) is 0 Å². The first-order chi connectivity index (χ1) is 15.4. The number of aryl methyl sites for hydroxylation is 1. The minimum atomic E-state index is -0.412. The van der Waals surface area contributed by atoms with Gasteiger partial charge in [0, 0.05) is 49.1 Å². The van der Waals surface area contributed by atoms with Crippen LogP contribution in [0, 0.1) is 6.92 Å². The van der Waals surface area contributed by atoms with Crippen molar-refractivity contribution < 1.29 is 14.4 Å². The Morgan fingerprint density at radius 1 is 1.09 bits per heavy atom. The molecule has 8 heteroatoms. The fraction of sp³-hybridized carbons (Fsp3) is 0.250. The normalized spacial score (nSPS) is 18.0. The van der Waals surface area contributed by atoms with Crippen LogP contribution >= 0.6 is 11.6 Å². The van der Waals surface area contributed by atoms with Crippen LogP contribution in [-0.2, 0) is 4.79 Å². The lowest BCUT2D eigenvalue weighted by Gasteiger charge is -2.34. The van der Waals surface area contributed by atoms with Crippen molar-refractivity contribution in [2.75, 3.05) is 43.4 Å². The molecule has 164 valence electrons. The summed E-state index contributed by atoms with van der Waals surface area (Å²) in [5.74, 6) is -0.515.